The molecule has 9 nitrogen and oxygen atoms in total. The van der Waals surface area contributed by atoms with Crippen molar-refractivity contribution in [1.29, 1.82) is 0 Å². The molecule has 11 heteroatoms. The van der Waals surface area contributed by atoms with Crippen molar-refractivity contribution in [2.45, 2.75) is 19.3 Å². The van der Waals surface area contributed by atoms with Crippen LogP contribution in [0.2, 0.25) is 0 Å². The number of nitrogens with zero attached hydrogens (tertiary/aromatic N) is 9. The van der Waals surface area contributed by atoms with Gasteiger partial charge in [0.2, 0.25) is 5.95 Å². The lowest BCUT2D eigenvalue weighted by Crippen LogP contribution is -2.14. The molecular formula is C99H63N9S2. The van der Waals surface area contributed by atoms with Crippen molar-refractivity contribution < 1.29 is 0 Å². The summed E-state index contributed by atoms with van der Waals surface area (Å²) in [6.45, 7) is 4.60. The van der Waals surface area contributed by atoms with Gasteiger partial charge in [0.05, 0.1) is 33.5 Å². The molecule has 14 aromatic carbocycles. The van der Waals surface area contributed by atoms with Gasteiger partial charge >= 0.3 is 0 Å². The van der Waals surface area contributed by atoms with Crippen molar-refractivity contribution in [3.63, 3.8) is 0 Å². The van der Waals surface area contributed by atoms with E-state index < -0.39 is 0 Å². The molecule has 0 amide bonds. The summed E-state index contributed by atoms with van der Waals surface area (Å²) in [4.78, 5) is 41.4. The number of rotatable bonds is 10. The van der Waals surface area contributed by atoms with E-state index >= 15 is 0 Å². The van der Waals surface area contributed by atoms with Crippen molar-refractivity contribution in [1.82, 2.24) is 44.4 Å². The normalized spacial score (nSPS) is 12.3. The van der Waals surface area contributed by atoms with Gasteiger partial charge in [0.1, 0.15) is 0 Å². The lowest BCUT2D eigenvalue weighted by Gasteiger charge is -2.21. The van der Waals surface area contributed by atoms with Gasteiger partial charge in [0.15, 0.2) is 29.1 Å². The highest BCUT2D eigenvalue weighted by atomic mass is 32.1. The van der Waals surface area contributed by atoms with E-state index in [0.717, 1.165) is 83.2 Å². The van der Waals surface area contributed by atoms with Crippen LogP contribution in [0.1, 0.15) is 25.0 Å². The molecule has 7 heterocycles. The smallest absolute Gasteiger partial charge is 0.238 e. The largest absolute Gasteiger partial charge is 0.278 e. The van der Waals surface area contributed by atoms with E-state index in [1.165, 1.54) is 95.6 Å². The molecule has 1 aliphatic rings. The van der Waals surface area contributed by atoms with E-state index in [1.807, 2.05) is 71.2 Å². The molecule has 0 aliphatic heterocycles. The summed E-state index contributed by atoms with van der Waals surface area (Å²) in [5, 5.41) is 9.51. The molecule has 110 heavy (non-hydrogen) atoms. The van der Waals surface area contributed by atoms with Crippen molar-refractivity contribution in [2.24, 2.45) is 0 Å². The van der Waals surface area contributed by atoms with Crippen molar-refractivity contribution in [2.75, 3.05) is 0 Å². The first-order valence-electron chi connectivity index (χ1n) is 37.0. The molecule has 7 aromatic heterocycles. The van der Waals surface area contributed by atoms with Gasteiger partial charge < -0.3 is 0 Å². The second-order valence-corrected chi connectivity index (χ2v) is 30.5. The molecule has 21 aromatic rings. The van der Waals surface area contributed by atoms with Crippen LogP contribution in [0.3, 0.4) is 0 Å². The van der Waals surface area contributed by atoms with E-state index in [0.29, 0.717) is 35.1 Å². The Kier molecular flexibility index (Phi) is 15.4. The number of hydrogen-bond donors (Lipinski definition) is 0. The zero-order chi connectivity index (χ0) is 73.0. The third-order valence-electron chi connectivity index (χ3n) is 21.6. The molecule has 0 saturated carbocycles. The average molecular weight is 1440 g/mol. The summed E-state index contributed by atoms with van der Waals surface area (Å²) >= 11 is 3.68. The summed E-state index contributed by atoms with van der Waals surface area (Å²) in [7, 11) is 0. The Morgan fingerprint density at radius 3 is 1.06 bits per heavy atom. The molecule has 0 bridgehead atoms. The van der Waals surface area contributed by atoms with Crippen LogP contribution in [0.5, 0.6) is 0 Å². The topological polar surface area (TPSA) is 108 Å². The zero-order valence-corrected chi connectivity index (χ0v) is 61.4. The van der Waals surface area contributed by atoms with Crippen molar-refractivity contribution in [3.8, 4) is 119 Å². The minimum Gasteiger partial charge on any atom is -0.278 e. The number of benzene rings is 14. The van der Waals surface area contributed by atoms with Gasteiger partial charge in [-0.3, -0.25) is 4.57 Å². The third-order valence-corrected chi connectivity index (χ3v) is 24.0. The number of fused-ring (bicyclic) bond motifs is 16. The summed E-state index contributed by atoms with van der Waals surface area (Å²) in [6.07, 6.45) is 0. The quantitative estimate of drug-likeness (QED) is 0.133. The van der Waals surface area contributed by atoms with Gasteiger partial charge in [-0.1, -0.05) is 317 Å². The van der Waals surface area contributed by atoms with E-state index in [4.69, 9.17) is 39.9 Å². The van der Waals surface area contributed by atoms with Crippen LogP contribution < -0.4 is 0 Å². The van der Waals surface area contributed by atoms with Gasteiger partial charge in [-0.25, -0.2) is 29.9 Å². The van der Waals surface area contributed by atoms with Gasteiger partial charge in [0.25, 0.3) is 0 Å². The third kappa shape index (κ3) is 10.9. The molecule has 0 spiro atoms. The molecule has 1 aliphatic carbocycles. The van der Waals surface area contributed by atoms with E-state index in [1.54, 1.807) is 0 Å². The van der Waals surface area contributed by atoms with Crippen LogP contribution in [-0.2, 0) is 5.41 Å². The molecular weight excluding hydrogens is 1380 g/mol. The van der Waals surface area contributed by atoms with Gasteiger partial charge in [0, 0.05) is 106 Å². The SMILES string of the molecule is CC1(C)c2ccccc2-c2cc(-c3nc(-c4ccccc4)nc(-c4ccc(-c5nc6cccc(-c7ccccc7)c6c6sc7ccccc7c56)cc4)n3)ccc21.c1ccc(-c2nc(-c3ccc(-c4nc5cccc(-c6ccccc6)c5c5sc6ccccc6c45)cc3)nc(-n3c4ccccc4c4ccccc43)n2)cc1. The number of para-hydroxylation sites is 2. The maximum absolute atomic E-state index is 5.41. The lowest BCUT2D eigenvalue weighted by atomic mass is 9.82. The van der Waals surface area contributed by atoms with Crippen LogP contribution in [0.4, 0.5) is 0 Å². The van der Waals surface area contributed by atoms with Crippen molar-refractivity contribution >= 4 is 107 Å². The fourth-order valence-corrected chi connectivity index (χ4v) is 18.9. The Labute approximate surface area is 641 Å². The fraction of sp³-hybridized carbons (Fsp3) is 0.0303. The molecule has 22 rings (SSSR count). The van der Waals surface area contributed by atoms with Gasteiger partial charge in [-0.2, -0.15) is 9.97 Å². The molecule has 0 unspecified atom stereocenters. The van der Waals surface area contributed by atoms with E-state index in [-0.39, 0.29) is 5.41 Å². The van der Waals surface area contributed by atoms with E-state index in [2.05, 4.69) is 316 Å². The van der Waals surface area contributed by atoms with Crippen molar-refractivity contribution in [3.05, 3.63) is 357 Å². The van der Waals surface area contributed by atoms with Crippen LogP contribution >= 0.6 is 22.7 Å². The Bertz CT molecular complexity index is 7170. The highest BCUT2D eigenvalue weighted by Gasteiger charge is 2.36. The Hall–Kier alpha value is -13.8. The molecule has 0 radical (unpaired) electrons. The second kappa shape index (κ2) is 26.3. The van der Waals surface area contributed by atoms with Crippen LogP contribution in [-0.4, -0.2) is 44.4 Å². The zero-order valence-electron chi connectivity index (χ0n) is 59.8. The summed E-state index contributed by atoms with van der Waals surface area (Å²) in [5.41, 5.74) is 22.7. The molecule has 0 fully saturated rings. The summed E-state index contributed by atoms with van der Waals surface area (Å²) in [5.74, 6) is 3.74. The van der Waals surface area contributed by atoms with Gasteiger partial charge in [-0.05, 0) is 87.0 Å². The summed E-state index contributed by atoms with van der Waals surface area (Å²) in [6, 6.07) is 121. The monoisotopic (exact) mass is 1440 g/mol. The predicted molar refractivity (Wildman–Crippen MR) is 457 cm³/mol. The fourth-order valence-electron chi connectivity index (χ4n) is 16.4. The highest BCUT2D eigenvalue weighted by molar-refractivity contribution is 7.27. The standard InChI is InChI=1S/C51H34N4S.C48H29N5S/c1-51(2)40-21-11-9-18-37(40)39-30-35(28-29-41(39)51)50-54-48(33-16-7-4-8-17-33)53-49(55-50)34-26-24-32(25-27-34)46-45-38-19-10-12-23-43(38)56-47(45)44-36(20-13-22-42(44)52-46)31-14-5-3-6-15-31;1-3-14-30(15-4-1)34-21-13-22-38-42(34)45-43(37-20-9-12-25-41(37)54-45)44(49-38)31-26-28-33(29-27-31)47-50-46(32-16-5-2-6-17-32)51-48(52-47)53-39-23-10-7-18-35(39)36-19-8-11-24-40(36)53/h3-30H,1-2H3;1-29H. The lowest BCUT2D eigenvalue weighted by molar-refractivity contribution is 0.660. The first-order chi connectivity index (χ1) is 54.3. The number of pyridine rings is 2. The first-order valence-corrected chi connectivity index (χ1v) is 38.6. The average Bonchev–Trinajstić information content (AvgIpc) is 1.51. The number of thiophene rings is 2. The molecule has 516 valence electrons. The number of hydrogen-bond acceptors (Lipinski definition) is 10. The van der Waals surface area contributed by atoms with Crippen LogP contribution in [0, 0.1) is 0 Å². The predicted octanol–water partition coefficient (Wildman–Crippen LogP) is 26.0. The van der Waals surface area contributed by atoms with Crippen LogP contribution in [0.25, 0.3) is 203 Å². The van der Waals surface area contributed by atoms with Gasteiger partial charge in [-0.15, -0.1) is 22.7 Å². The summed E-state index contributed by atoms with van der Waals surface area (Å²) < 4.78 is 7.16. The Morgan fingerprint density at radius 1 is 0.245 bits per heavy atom. The van der Waals surface area contributed by atoms with Crippen LogP contribution in [0.15, 0.2) is 346 Å². The number of aromatic nitrogens is 9. The molecule has 0 N–H and O–H groups in total. The minimum absolute atomic E-state index is 0.0728. The van der Waals surface area contributed by atoms with E-state index in [9.17, 15) is 0 Å². The maximum atomic E-state index is 5.41. The minimum atomic E-state index is -0.0728. The first kappa shape index (κ1) is 64.5. The maximum Gasteiger partial charge on any atom is 0.238 e. The molecule has 0 atom stereocenters. The highest BCUT2D eigenvalue weighted by Crippen LogP contribution is 2.51. The Balaban J connectivity index is 0.000000140. The Morgan fingerprint density at radius 2 is 0.591 bits per heavy atom. The second-order valence-electron chi connectivity index (χ2n) is 28.4. The molecule has 0 saturated heterocycles.